The van der Waals surface area contributed by atoms with E-state index in [2.05, 4.69) is 17.6 Å². The van der Waals surface area contributed by atoms with Crippen LogP contribution >= 0.6 is 0 Å². The quantitative estimate of drug-likeness (QED) is 0.782. The van der Waals surface area contributed by atoms with Crippen molar-refractivity contribution in [1.29, 1.82) is 0 Å². The molecule has 0 aliphatic carbocycles. The van der Waals surface area contributed by atoms with Crippen molar-refractivity contribution in [3.63, 3.8) is 0 Å². The maximum absolute atomic E-state index is 12.4. The van der Waals surface area contributed by atoms with Crippen molar-refractivity contribution in [3.8, 4) is 0 Å². The zero-order chi connectivity index (χ0) is 15.8. The van der Waals surface area contributed by atoms with Crippen LogP contribution in [0.25, 0.3) is 0 Å². The minimum atomic E-state index is -0.0110. The van der Waals surface area contributed by atoms with Crippen molar-refractivity contribution in [2.24, 2.45) is 11.8 Å². The number of nitrogens with one attached hydrogen (secondary N) is 2. The lowest BCUT2D eigenvalue weighted by Gasteiger charge is -2.32. The third kappa shape index (κ3) is 5.27. The second kappa shape index (κ2) is 9.13. The zero-order valence-corrected chi connectivity index (χ0v) is 13.9. The fourth-order valence-corrected chi connectivity index (χ4v) is 3.47. The number of piperidine rings is 2. The van der Waals surface area contributed by atoms with Crippen molar-refractivity contribution >= 4 is 11.8 Å². The van der Waals surface area contributed by atoms with E-state index in [0.717, 1.165) is 51.9 Å². The molecule has 2 fully saturated rings. The Morgan fingerprint density at radius 2 is 2.00 bits per heavy atom. The number of carbonyl (C=O) groups is 2. The van der Waals surface area contributed by atoms with Gasteiger partial charge in [0.2, 0.25) is 11.8 Å². The van der Waals surface area contributed by atoms with Gasteiger partial charge in [0.1, 0.15) is 0 Å². The summed E-state index contributed by atoms with van der Waals surface area (Å²) in [5.74, 6) is 1.05. The topological polar surface area (TPSA) is 61.4 Å². The van der Waals surface area contributed by atoms with Crippen LogP contribution < -0.4 is 10.6 Å². The van der Waals surface area contributed by atoms with Gasteiger partial charge in [-0.1, -0.05) is 6.92 Å². The molecule has 2 heterocycles. The molecule has 2 aliphatic heterocycles. The smallest absolute Gasteiger partial charge is 0.224 e. The first-order valence-electron chi connectivity index (χ1n) is 8.97. The first-order valence-corrected chi connectivity index (χ1v) is 8.97. The van der Waals surface area contributed by atoms with Crippen LogP contribution in [-0.4, -0.2) is 49.4 Å². The lowest BCUT2D eigenvalue weighted by Crippen LogP contribution is -2.45. The summed E-state index contributed by atoms with van der Waals surface area (Å²) in [5, 5.41) is 6.32. The molecular formula is C17H31N3O2. The van der Waals surface area contributed by atoms with E-state index in [9.17, 15) is 9.59 Å². The standard InChI is InChI=1S/C17H31N3O2/c1-2-9-19-17(22)15-4-3-12-20(13-15)16(21)6-5-14-7-10-18-11-8-14/h14-15,18H,2-13H2,1H3,(H,19,22). The monoisotopic (exact) mass is 309 g/mol. The first-order chi connectivity index (χ1) is 10.7. The molecule has 5 nitrogen and oxygen atoms in total. The summed E-state index contributed by atoms with van der Waals surface area (Å²) in [6.07, 6.45) is 6.84. The highest BCUT2D eigenvalue weighted by atomic mass is 16.2. The van der Waals surface area contributed by atoms with E-state index >= 15 is 0 Å². The highest BCUT2D eigenvalue weighted by molar-refractivity contribution is 5.81. The molecule has 0 aromatic carbocycles. The van der Waals surface area contributed by atoms with E-state index in [4.69, 9.17) is 0 Å². The Hall–Kier alpha value is -1.10. The molecule has 0 aromatic rings. The van der Waals surface area contributed by atoms with E-state index < -0.39 is 0 Å². The summed E-state index contributed by atoms with van der Waals surface area (Å²) in [5.41, 5.74) is 0. The van der Waals surface area contributed by atoms with Crippen molar-refractivity contribution < 1.29 is 9.59 Å². The second-order valence-electron chi connectivity index (χ2n) is 6.70. The molecule has 5 heteroatoms. The summed E-state index contributed by atoms with van der Waals surface area (Å²) in [6, 6.07) is 0. The lowest BCUT2D eigenvalue weighted by molar-refractivity contribution is -0.136. The third-order valence-electron chi connectivity index (χ3n) is 4.92. The Morgan fingerprint density at radius 1 is 1.23 bits per heavy atom. The molecule has 2 N–H and O–H groups in total. The SMILES string of the molecule is CCCNC(=O)C1CCCN(C(=O)CCC2CCNCC2)C1. The van der Waals surface area contributed by atoms with Crippen LogP contribution in [0, 0.1) is 11.8 Å². The maximum Gasteiger partial charge on any atom is 0.224 e. The molecule has 0 spiro atoms. The predicted molar refractivity (Wildman–Crippen MR) is 87.4 cm³/mol. The predicted octanol–water partition coefficient (Wildman–Crippen LogP) is 1.53. The molecule has 2 rings (SSSR count). The first kappa shape index (κ1) is 17.3. The van der Waals surface area contributed by atoms with E-state index in [1.54, 1.807) is 0 Å². The van der Waals surface area contributed by atoms with Crippen LogP contribution in [0.4, 0.5) is 0 Å². The second-order valence-corrected chi connectivity index (χ2v) is 6.70. The van der Waals surface area contributed by atoms with Crippen LogP contribution in [0.15, 0.2) is 0 Å². The van der Waals surface area contributed by atoms with E-state index in [0.29, 0.717) is 18.9 Å². The van der Waals surface area contributed by atoms with Crippen LogP contribution in [0.3, 0.4) is 0 Å². The lowest BCUT2D eigenvalue weighted by atomic mass is 9.92. The molecule has 0 aromatic heterocycles. The van der Waals surface area contributed by atoms with E-state index in [1.807, 2.05) is 4.90 Å². The van der Waals surface area contributed by atoms with Gasteiger partial charge in [-0.05, 0) is 57.5 Å². The number of carbonyl (C=O) groups excluding carboxylic acids is 2. The molecular weight excluding hydrogens is 278 g/mol. The van der Waals surface area contributed by atoms with Crippen LogP contribution in [0.1, 0.15) is 51.9 Å². The van der Waals surface area contributed by atoms with Gasteiger partial charge in [-0.3, -0.25) is 9.59 Å². The van der Waals surface area contributed by atoms with Gasteiger partial charge in [-0.25, -0.2) is 0 Å². The van der Waals surface area contributed by atoms with Gasteiger partial charge in [-0.15, -0.1) is 0 Å². The Labute approximate surface area is 134 Å². The highest BCUT2D eigenvalue weighted by Gasteiger charge is 2.28. The minimum absolute atomic E-state index is 0.0110. The summed E-state index contributed by atoms with van der Waals surface area (Å²) < 4.78 is 0. The Balaban J connectivity index is 1.73. The summed E-state index contributed by atoms with van der Waals surface area (Å²) in [7, 11) is 0. The minimum Gasteiger partial charge on any atom is -0.356 e. The molecule has 1 unspecified atom stereocenters. The fourth-order valence-electron chi connectivity index (χ4n) is 3.47. The highest BCUT2D eigenvalue weighted by Crippen LogP contribution is 2.21. The number of nitrogens with zero attached hydrogens (tertiary/aromatic N) is 1. The van der Waals surface area contributed by atoms with Crippen molar-refractivity contribution in [1.82, 2.24) is 15.5 Å². The number of amides is 2. The van der Waals surface area contributed by atoms with Crippen molar-refractivity contribution in [3.05, 3.63) is 0 Å². The molecule has 0 saturated carbocycles. The van der Waals surface area contributed by atoms with Gasteiger partial charge >= 0.3 is 0 Å². The van der Waals surface area contributed by atoms with E-state index in [1.165, 1.54) is 12.8 Å². The van der Waals surface area contributed by atoms with Gasteiger partial charge in [0.15, 0.2) is 0 Å². The average Bonchev–Trinajstić information content (AvgIpc) is 2.58. The Morgan fingerprint density at radius 3 is 2.73 bits per heavy atom. The number of likely N-dealkylation sites (tertiary alicyclic amines) is 1. The van der Waals surface area contributed by atoms with Gasteiger partial charge in [0.25, 0.3) is 0 Å². The van der Waals surface area contributed by atoms with E-state index in [-0.39, 0.29) is 17.7 Å². The largest absolute Gasteiger partial charge is 0.356 e. The van der Waals surface area contributed by atoms with Crippen molar-refractivity contribution in [2.75, 3.05) is 32.7 Å². The maximum atomic E-state index is 12.4. The normalized spacial score (nSPS) is 23.3. The molecule has 22 heavy (non-hydrogen) atoms. The molecule has 2 aliphatic rings. The van der Waals surface area contributed by atoms with Gasteiger partial charge in [-0.2, -0.15) is 0 Å². The summed E-state index contributed by atoms with van der Waals surface area (Å²) in [4.78, 5) is 26.4. The van der Waals surface area contributed by atoms with Crippen LogP contribution in [-0.2, 0) is 9.59 Å². The molecule has 2 saturated heterocycles. The Bertz CT molecular complexity index is 367. The van der Waals surface area contributed by atoms with Crippen molar-refractivity contribution in [2.45, 2.75) is 51.9 Å². The van der Waals surface area contributed by atoms with Crippen LogP contribution in [0.5, 0.6) is 0 Å². The number of rotatable bonds is 6. The average molecular weight is 309 g/mol. The Kier molecular flexibility index (Phi) is 7.16. The fraction of sp³-hybridized carbons (Fsp3) is 0.882. The zero-order valence-electron chi connectivity index (χ0n) is 13.9. The number of hydrogen-bond donors (Lipinski definition) is 2. The van der Waals surface area contributed by atoms with Gasteiger partial charge in [0.05, 0.1) is 5.92 Å². The van der Waals surface area contributed by atoms with Gasteiger partial charge in [0, 0.05) is 26.1 Å². The number of hydrogen-bond acceptors (Lipinski definition) is 3. The molecule has 0 bridgehead atoms. The molecule has 126 valence electrons. The van der Waals surface area contributed by atoms with Gasteiger partial charge < -0.3 is 15.5 Å². The van der Waals surface area contributed by atoms with Crippen LogP contribution in [0.2, 0.25) is 0 Å². The molecule has 2 amide bonds. The summed E-state index contributed by atoms with van der Waals surface area (Å²) in [6.45, 7) is 6.39. The third-order valence-corrected chi connectivity index (χ3v) is 4.92. The molecule has 0 radical (unpaired) electrons. The summed E-state index contributed by atoms with van der Waals surface area (Å²) >= 11 is 0. The molecule has 1 atom stereocenters.